The third-order valence-corrected chi connectivity index (χ3v) is 6.32. The molecule has 0 N–H and O–H groups in total. The van der Waals surface area contributed by atoms with Gasteiger partial charge in [-0.15, -0.1) is 11.3 Å². The van der Waals surface area contributed by atoms with Crippen molar-refractivity contribution in [2.45, 2.75) is 24.7 Å². The molecule has 2 rings (SSSR count). The number of methoxy groups -OCH3 is 1. The second-order valence-corrected chi connectivity index (χ2v) is 7.51. The zero-order chi connectivity index (χ0) is 14.0. The number of sulfonamides is 1. The molecule has 1 aromatic rings. The predicted molar refractivity (Wildman–Crippen MR) is 72.8 cm³/mol. The molecule has 0 aliphatic carbocycles. The molecule has 1 aliphatic rings. The predicted octanol–water partition coefficient (Wildman–Crippen LogP) is 1.96. The van der Waals surface area contributed by atoms with Crippen LogP contribution in [0.1, 0.15) is 29.4 Å². The Labute approximate surface area is 117 Å². The maximum atomic E-state index is 12.5. The highest BCUT2D eigenvalue weighted by Crippen LogP contribution is 2.28. The van der Waals surface area contributed by atoms with E-state index < -0.39 is 16.0 Å². The van der Waals surface area contributed by atoms with E-state index in [0.717, 1.165) is 24.2 Å². The molecule has 0 aromatic carbocycles. The fourth-order valence-corrected chi connectivity index (χ4v) is 4.88. The van der Waals surface area contributed by atoms with Crippen LogP contribution in [-0.2, 0) is 14.8 Å². The van der Waals surface area contributed by atoms with Gasteiger partial charge in [-0.25, -0.2) is 13.2 Å². The summed E-state index contributed by atoms with van der Waals surface area (Å²) >= 11 is 1.09. The van der Waals surface area contributed by atoms with Gasteiger partial charge in [0.2, 0.25) is 10.0 Å². The van der Waals surface area contributed by atoms with Crippen LogP contribution in [0.2, 0.25) is 0 Å². The zero-order valence-electron chi connectivity index (χ0n) is 11.0. The number of piperidine rings is 1. The molecule has 0 unspecified atom stereocenters. The van der Waals surface area contributed by atoms with Crippen LogP contribution in [-0.4, -0.2) is 38.9 Å². The Kier molecular flexibility index (Phi) is 4.27. The van der Waals surface area contributed by atoms with Crippen molar-refractivity contribution in [3.8, 4) is 0 Å². The summed E-state index contributed by atoms with van der Waals surface area (Å²) in [5, 5.41) is 1.60. The summed E-state index contributed by atoms with van der Waals surface area (Å²) in [4.78, 5) is 11.8. The molecule has 2 heterocycles. The quantitative estimate of drug-likeness (QED) is 0.801. The number of esters is 1. The number of ether oxygens (including phenoxy) is 1. The molecule has 0 saturated carbocycles. The first-order valence-corrected chi connectivity index (χ1v) is 8.44. The highest BCUT2D eigenvalue weighted by atomic mass is 32.2. The van der Waals surface area contributed by atoms with Gasteiger partial charge in [0.1, 0.15) is 9.77 Å². The average molecular weight is 303 g/mol. The first kappa shape index (κ1) is 14.5. The standard InChI is InChI=1S/C12H17NO4S2/c1-9-3-6-13(7-4-9)19(15,16)10-5-8-18-11(10)12(14)17-2/h5,8-9H,3-4,6-7H2,1-2H3. The highest BCUT2D eigenvalue weighted by Gasteiger charge is 2.32. The summed E-state index contributed by atoms with van der Waals surface area (Å²) in [5.41, 5.74) is 0. The normalized spacial score (nSPS) is 18.4. The smallest absolute Gasteiger partial charge is 0.349 e. The van der Waals surface area contributed by atoms with Crippen LogP contribution in [0.15, 0.2) is 16.3 Å². The van der Waals surface area contributed by atoms with Crippen LogP contribution in [0.3, 0.4) is 0 Å². The second kappa shape index (κ2) is 5.60. The third-order valence-electron chi connectivity index (χ3n) is 3.36. The lowest BCUT2D eigenvalue weighted by atomic mass is 10.0. The van der Waals surface area contributed by atoms with E-state index in [0.29, 0.717) is 19.0 Å². The van der Waals surface area contributed by atoms with Gasteiger partial charge >= 0.3 is 5.97 Å². The Morgan fingerprint density at radius 2 is 2.05 bits per heavy atom. The van der Waals surface area contributed by atoms with Crippen molar-refractivity contribution in [2.75, 3.05) is 20.2 Å². The monoisotopic (exact) mass is 303 g/mol. The molecule has 0 bridgehead atoms. The van der Waals surface area contributed by atoms with E-state index in [-0.39, 0.29) is 9.77 Å². The van der Waals surface area contributed by atoms with E-state index in [1.54, 1.807) is 5.38 Å². The Balaban J connectivity index is 2.30. The summed E-state index contributed by atoms with van der Waals surface area (Å²) in [6.45, 7) is 3.15. The first-order chi connectivity index (χ1) is 8.96. The van der Waals surface area contributed by atoms with Crippen molar-refractivity contribution in [2.24, 2.45) is 5.92 Å². The van der Waals surface area contributed by atoms with Gasteiger partial charge in [0.05, 0.1) is 7.11 Å². The van der Waals surface area contributed by atoms with Crippen LogP contribution < -0.4 is 0 Å². The van der Waals surface area contributed by atoms with Gasteiger partial charge in [0.15, 0.2) is 0 Å². The van der Waals surface area contributed by atoms with Crippen LogP contribution >= 0.6 is 11.3 Å². The van der Waals surface area contributed by atoms with E-state index in [4.69, 9.17) is 0 Å². The van der Waals surface area contributed by atoms with E-state index in [2.05, 4.69) is 11.7 Å². The minimum Gasteiger partial charge on any atom is -0.465 e. The molecule has 0 amide bonds. The Morgan fingerprint density at radius 1 is 1.42 bits per heavy atom. The second-order valence-electron chi connectivity index (χ2n) is 4.69. The Hall–Kier alpha value is -0.920. The first-order valence-electron chi connectivity index (χ1n) is 6.12. The van der Waals surface area contributed by atoms with Gasteiger partial charge in [0.25, 0.3) is 0 Å². The van der Waals surface area contributed by atoms with Gasteiger partial charge in [0, 0.05) is 13.1 Å². The van der Waals surface area contributed by atoms with Crippen molar-refractivity contribution in [3.05, 3.63) is 16.3 Å². The number of thiophene rings is 1. The van der Waals surface area contributed by atoms with Crippen LogP contribution in [0.5, 0.6) is 0 Å². The Morgan fingerprint density at radius 3 is 2.63 bits per heavy atom. The van der Waals surface area contributed by atoms with E-state index >= 15 is 0 Å². The number of carbonyl (C=O) groups excluding carboxylic acids is 1. The number of carbonyl (C=O) groups is 1. The number of hydrogen-bond donors (Lipinski definition) is 0. The van der Waals surface area contributed by atoms with Gasteiger partial charge in [-0.2, -0.15) is 4.31 Å². The molecule has 19 heavy (non-hydrogen) atoms. The maximum absolute atomic E-state index is 12.5. The summed E-state index contributed by atoms with van der Waals surface area (Å²) in [7, 11) is -2.33. The minimum atomic E-state index is -3.58. The number of nitrogens with zero attached hydrogens (tertiary/aromatic N) is 1. The molecule has 1 aromatic heterocycles. The number of hydrogen-bond acceptors (Lipinski definition) is 5. The lowest BCUT2D eigenvalue weighted by Gasteiger charge is -2.29. The SMILES string of the molecule is COC(=O)c1sccc1S(=O)(=O)N1CCC(C)CC1. The van der Waals surface area contributed by atoms with Gasteiger partial charge in [-0.1, -0.05) is 6.92 Å². The average Bonchev–Trinajstić information content (AvgIpc) is 2.88. The topological polar surface area (TPSA) is 63.7 Å². The summed E-state index contributed by atoms with van der Waals surface area (Å²) in [6.07, 6.45) is 1.72. The summed E-state index contributed by atoms with van der Waals surface area (Å²) in [5.74, 6) is -0.0482. The molecule has 1 aliphatic heterocycles. The number of rotatable bonds is 3. The molecular formula is C12H17NO4S2. The highest BCUT2D eigenvalue weighted by molar-refractivity contribution is 7.89. The molecule has 7 heteroatoms. The Bertz CT molecular complexity index is 556. The molecule has 0 radical (unpaired) electrons. The van der Waals surface area contributed by atoms with Crippen molar-refractivity contribution in [1.29, 1.82) is 0 Å². The lowest BCUT2D eigenvalue weighted by molar-refractivity contribution is 0.0602. The van der Waals surface area contributed by atoms with Crippen LogP contribution in [0.4, 0.5) is 0 Å². The fraction of sp³-hybridized carbons (Fsp3) is 0.583. The molecule has 1 fully saturated rings. The molecule has 106 valence electrons. The molecule has 0 spiro atoms. The minimum absolute atomic E-state index is 0.0684. The summed E-state index contributed by atoms with van der Waals surface area (Å²) in [6, 6.07) is 1.48. The van der Waals surface area contributed by atoms with Crippen LogP contribution in [0.25, 0.3) is 0 Å². The lowest BCUT2D eigenvalue weighted by Crippen LogP contribution is -2.38. The largest absolute Gasteiger partial charge is 0.465 e. The van der Waals surface area contributed by atoms with Crippen LogP contribution in [0, 0.1) is 5.92 Å². The maximum Gasteiger partial charge on any atom is 0.349 e. The van der Waals surface area contributed by atoms with E-state index in [1.807, 2.05) is 0 Å². The molecule has 1 saturated heterocycles. The van der Waals surface area contributed by atoms with Crippen molar-refractivity contribution in [3.63, 3.8) is 0 Å². The van der Waals surface area contributed by atoms with Gasteiger partial charge in [-0.05, 0) is 30.2 Å². The van der Waals surface area contributed by atoms with Gasteiger partial charge < -0.3 is 4.74 Å². The molecule has 0 atom stereocenters. The van der Waals surface area contributed by atoms with Gasteiger partial charge in [-0.3, -0.25) is 0 Å². The zero-order valence-corrected chi connectivity index (χ0v) is 12.6. The van der Waals surface area contributed by atoms with Crippen molar-refractivity contribution < 1.29 is 17.9 Å². The van der Waals surface area contributed by atoms with E-state index in [1.165, 1.54) is 17.5 Å². The molecule has 5 nitrogen and oxygen atoms in total. The van der Waals surface area contributed by atoms with E-state index in [9.17, 15) is 13.2 Å². The molecular weight excluding hydrogens is 286 g/mol. The van der Waals surface area contributed by atoms with Crippen molar-refractivity contribution >= 4 is 27.3 Å². The third kappa shape index (κ3) is 2.82. The summed E-state index contributed by atoms with van der Waals surface area (Å²) < 4.78 is 31.1. The van der Waals surface area contributed by atoms with Crippen molar-refractivity contribution in [1.82, 2.24) is 4.31 Å². The fourth-order valence-electron chi connectivity index (χ4n) is 2.11.